The van der Waals surface area contributed by atoms with Crippen molar-refractivity contribution < 1.29 is 8.42 Å². The molecule has 3 atom stereocenters. The van der Waals surface area contributed by atoms with Gasteiger partial charge in [-0.25, -0.2) is 8.42 Å². The van der Waals surface area contributed by atoms with Crippen molar-refractivity contribution in [3.8, 4) is 0 Å². The summed E-state index contributed by atoms with van der Waals surface area (Å²) in [4.78, 5) is 0. The molecular formula is C11H21NO2S3. The standard InChI is InChI=1S/C11H21NO2S3/c1-17(13,14)11-4-2-3-10(11)12-7-9-8-15-5-6-16-9/h9-12H,2-8H2,1H3. The molecule has 1 aliphatic carbocycles. The van der Waals surface area contributed by atoms with Crippen molar-refractivity contribution in [2.45, 2.75) is 35.8 Å². The zero-order chi connectivity index (χ0) is 12.3. The minimum absolute atomic E-state index is 0.149. The normalized spacial score (nSPS) is 35.0. The third-order valence-electron chi connectivity index (χ3n) is 3.50. The van der Waals surface area contributed by atoms with Crippen molar-refractivity contribution in [1.29, 1.82) is 0 Å². The van der Waals surface area contributed by atoms with Crippen LogP contribution in [0.5, 0.6) is 0 Å². The third-order valence-corrected chi connectivity index (χ3v) is 8.00. The third kappa shape index (κ3) is 4.04. The van der Waals surface area contributed by atoms with Gasteiger partial charge in [0.05, 0.1) is 5.25 Å². The summed E-state index contributed by atoms with van der Waals surface area (Å²) >= 11 is 4.04. The fraction of sp³-hybridized carbons (Fsp3) is 1.00. The van der Waals surface area contributed by atoms with Gasteiger partial charge in [0.2, 0.25) is 0 Å². The summed E-state index contributed by atoms with van der Waals surface area (Å²) in [5.41, 5.74) is 0. The van der Waals surface area contributed by atoms with E-state index in [0.29, 0.717) is 5.25 Å². The molecule has 0 aromatic rings. The Kier molecular flexibility index (Phi) is 5.09. The van der Waals surface area contributed by atoms with E-state index < -0.39 is 9.84 Å². The molecule has 1 saturated carbocycles. The summed E-state index contributed by atoms with van der Waals surface area (Å²) in [5, 5.41) is 4.01. The molecule has 2 aliphatic rings. The molecule has 0 aromatic carbocycles. The molecule has 2 rings (SSSR count). The Labute approximate surface area is 113 Å². The van der Waals surface area contributed by atoms with Crippen molar-refractivity contribution in [1.82, 2.24) is 5.32 Å². The Balaban J connectivity index is 1.81. The second kappa shape index (κ2) is 6.17. The largest absolute Gasteiger partial charge is 0.312 e. The van der Waals surface area contributed by atoms with Crippen molar-refractivity contribution >= 4 is 33.4 Å². The van der Waals surface area contributed by atoms with Gasteiger partial charge in [-0.1, -0.05) is 6.42 Å². The molecule has 2 fully saturated rings. The van der Waals surface area contributed by atoms with Gasteiger partial charge in [0.25, 0.3) is 0 Å². The highest BCUT2D eigenvalue weighted by Crippen LogP contribution is 2.27. The number of hydrogen-bond donors (Lipinski definition) is 1. The van der Waals surface area contributed by atoms with E-state index in [9.17, 15) is 8.42 Å². The molecule has 1 heterocycles. The van der Waals surface area contributed by atoms with E-state index >= 15 is 0 Å². The van der Waals surface area contributed by atoms with E-state index in [1.54, 1.807) is 0 Å². The second-order valence-electron chi connectivity index (χ2n) is 4.88. The summed E-state index contributed by atoms with van der Waals surface area (Å²) < 4.78 is 23.3. The molecule has 0 spiro atoms. The van der Waals surface area contributed by atoms with Crippen molar-refractivity contribution in [2.75, 3.05) is 30.1 Å². The molecular weight excluding hydrogens is 274 g/mol. The molecule has 0 amide bonds. The molecule has 1 N–H and O–H groups in total. The quantitative estimate of drug-likeness (QED) is 0.849. The molecule has 3 nitrogen and oxygen atoms in total. The van der Waals surface area contributed by atoms with E-state index in [2.05, 4.69) is 5.32 Å². The Morgan fingerprint density at radius 1 is 1.29 bits per heavy atom. The molecule has 0 bridgehead atoms. The predicted octanol–water partition coefficient (Wildman–Crippen LogP) is 1.39. The molecule has 3 unspecified atom stereocenters. The first-order valence-corrected chi connectivity index (χ1v) is 10.3. The van der Waals surface area contributed by atoms with Crippen LogP contribution in [0.25, 0.3) is 0 Å². The first-order chi connectivity index (χ1) is 8.07. The zero-order valence-electron chi connectivity index (χ0n) is 10.2. The highest BCUT2D eigenvalue weighted by Gasteiger charge is 2.34. The second-order valence-corrected chi connectivity index (χ2v) is 9.70. The van der Waals surface area contributed by atoms with Crippen molar-refractivity contribution in [2.24, 2.45) is 0 Å². The minimum atomic E-state index is -2.88. The fourth-order valence-electron chi connectivity index (χ4n) is 2.61. The van der Waals surface area contributed by atoms with Gasteiger partial charge >= 0.3 is 0 Å². The smallest absolute Gasteiger partial charge is 0.151 e. The molecule has 0 aromatic heterocycles. The first kappa shape index (κ1) is 14.0. The van der Waals surface area contributed by atoms with Crippen LogP contribution in [0.2, 0.25) is 0 Å². The maximum Gasteiger partial charge on any atom is 0.151 e. The van der Waals surface area contributed by atoms with Crippen LogP contribution in [0.1, 0.15) is 19.3 Å². The summed E-state index contributed by atoms with van der Waals surface area (Å²) in [6.07, 6.45) is 4.27. The van der Waals surface area contributed by atoms with Crippen molar-refractivity contribution in [3.63, 3.8) is 0 Å². The topological polar surface area (TPSA) is 46.2 Å². The fourth-order valence-corrected chi connectivity index (χ4v) is 6.66. The van der Waals surface area contributed by atoms with Gasteiger partial charge in [-0.2, -0.15) is 23.5 Å². The van der Waals surface area contributed by atoms with E-state index in [-0.39, 0.29) is 11.3 Å². The van der Waals surface area contributed by atoms with Gasteiger partial charge in [0.15, 0.2) is 9.84 Å². The highest BCUT2D eigenvalue weighted by molar-refractivity contribution is 8.06. The lowest BCUT2D eigenvalue weighted by Crippen LogP contribution is -2.43. The summed E-state index contributed by atoms with van der Waals surface area (Å²) in [7, 11) is -2.88. The Hall–Kier alpha value is 0.610. The van der Waals surface area contributed by atoms with Gasteiger partial charge in [-0.3, -0.25) is 0 Å². The van der Waals surface area contributed by atoms with E-state index in [4.69, 9.17) is 0 Å². The van der Waals surface area contributed by atoms with Crippen LogP contribution in [0.15, 0.2) is 0 Å². The number of sulfone groups is 1. The van der Waals surface area contributed by atoms with Crippen molar-refractivity contribution in [3.05, 3.63) is 0 Å². The Morgan fingerprint density at radius 3 is 2.76 bits per heavy atom. The monoisotopic (exact) mass is 295 g/mol. The SMILES string of the molecule is CS(=O)(=O)C1CCCC1NCC1CSCCS1. The molecule has 17 heavy (non-hydrogen) atoms. The van der Waals surface area contributed by atoms with Gasteiger partial charge in [0.1, 0.15) is 0 Å². The Morgan fingerprint density at radius 2 is 2.12 bits per heavy atom. The molecule has 100 valence electrons. The maximum absolute atomic E-state index is 11.6. The van der Waals surface area contributed by atoms with Crippen LogP contribution < -0.4 is 5.32 Å². The number of rotatable bonds is 4. The maximum atomic E-state index is 11.6. The van der Waals surface area contributed by atoms with Gasteiger partial charge in [-0.05, 0) is 12.8 Å². The summed E-state index contributed by atoms with van der Waals surface area (Å²) in [5.74, 6) is 3.70. The predicted molar refractivity (Wildman–Crippen MR) is 77.8 cm³/mol. The summed E-state index contributed by atoms with van der Waals surface area (Å²) in [6, 6.07) is 0.192. The van der Waals surface area contributed by atoms with Crippen LogP contribution in [-0.4, -0.2) is 55.0 Å². The van der Waals surface area contributed by atoms with E-state index in [1.807, 2.05) is 23.5 Å². The average molecular weight is 295 g/mol. The average Bonchev–Trinajstić information content (AvgIpc) is 2.75. The highest BCUT2D eigenvalue weighted by atomic mass is 32.2. The lowest BCUT2D eigenvalue weighted by Gasteiger charge is -2.25. The van der Waals surface area contributed by atoms with Crippen LogP contribution >= 0.6 is 23.5 Å². The molecule has 1 saturated heterocycles. The van der Waals surface area contributed by atoms with E-state index in [1.165, 1.54) is 23.5 Å². The number of thioether (sulfide) groups is 2. The molecule has 0 radical (unpaired) electrons. The first-order valence-electron chi connectivity index (χ1n) is 6.19. The van der Waals surface area contributed by atoms with Crippen LogP contribution in [-0.2, 0) is 9.84 Å². The Bertz CT molecular complexity index is 339. The van der Waals surface area contributed by atoms with Crippen LogP contribution in [0, 0.1) is 0 Å². The number of hydrogen-bond acceptors (Lipinski definition) is 5. The van der Waals surface area contributed by atoms with Crippen LogP contribution in [0.4, 0.5) is 0 Å². The van der Waals surface area contributed by atoms with Gasteiger partial charge in [0, 0.05) is 41.4 Å². The minimum Gasteiger partial charge on any atom is -0.312 e. The lowest BCUT2D eigenvalue weighted by molar-refractivity contribution is 0.510. The van der Waals surface area contributed by atoms with Gasteiger partial charge in [-0.15, -0.1) is 0 Å². The molecule has 1 aliphatic heterocycles. The van der Waals surface area contributed by atoms with Gasteiger partial charge < -0.3 is 5.32 Å². The number of nitrogens with one attached hydrogen (secondary N) is 1. The summed E-state index contributed by atoms with van der Waals surface area (Å²) in [6.45, 7) is 0.967. The lowest BCUT2D eigenvalue weighted by atomic mass is 10.2. The zero-order valence-corrected chi connectivity index (χ0v) is 12.7. The van der Waals surface area contributed by atoms with Crippen LogP contribution in [0.3, 0.4) is 0 Å². The van der Waals surface area contributed by atoms with E-state index in [0.717, 1.165) is 25.8 Å². The molecule has 6 heteroatoms.